The highest BCUT2D eigenvalue weighted by atomic mass is 16.1. The first-order chi connectivity index (χ1) is 16.0. The van der Waals surface area contributed by atoms with Crippen LogP contribution in [0.5, 0.6) is 0 Å². The number of hydrogen-bond acceptors (Lipinski definition) is 5. The Morgan fingerprint density at radius 3 is 2.64 bits per heavy atom. The summed E-state index contributed by atoms with van der Waals surface area (Å²) < 4.78 is 1.87. The van der Waals surface area contributed by atoms with Crippen LogP contribution in [-0.4, -0.2) is 33.0 Å². The average molecular weight is 447 g/mol. The van der Waals surface area contributed by atoms with Gasteiger partial charge in [-0.1, -0.05) is 33.1 Å². The van der Waals surface area contributed by atoms with Crippen molar-refractivity contribution in [2.75, 3.05) is 11.9 Å². The van der Waals surface area contributed by atoms with Crippen LogP contribution in [0, 0.1) is 17.2 Å². The van der Waals surface area contributed by atoms with Gasteiger partial charge in [0.2, 0.25) is 0 Å². The zero-order valence-electron chi connectivity index (χ0n) is 20.1. The minimum Gasteiger partial charge on any atom is -0.382 e. The molecular formula is C26H34N6O. The van der Waals surface area contributed by atoms with Gasteiger partial charge in [-0.15, -0.1) is 0 Å². The Balaban J connectivity index is 0.00000149. The fraction of sp³-hybridized carbons (Fsp3) is 0.462. The summed E-state index contributed by atoms with van der Waals surface area (Å²) in [7, 11) is 0. The van der Waals surface area contributed by atoms with Gasteiger partial charge in [0, 0.05) is 42.6 Å². The number of carbonyl (C=O) groups is 1. The SMILES string of the molecule is CC.CC(C)Nc1cc(-n2ccc3cc(C#N)cnc32)ncc1C(=O)NCC1CCCCC1. The molecule has 0 atom stereocenters. The van der Waals surface area contributed by atoms with E-state index in [1.165, 1.54) is 32.1 Å². The zero-order valence-corrected chi connectivity index (χ0v) is 20.1. The number of carbonyl (C=O) groups excluding carboxylic acids is 1. The van der Waals surface area contributed by atoms with Crippen molar-refractivity contribution in [2.24, 2.45) is 5.92 Å². The van der Waals surface area contributed by atoms with Gasteiger partial charge < -0.3 is 10.6 Å². The number of fused-ring (bicyclic) bond motifs is 1. The molecule has 0 unspecified atom stereocenters. The number of amides is 1. The number of rotatable bonds is 6. The molecule has 0 aromatic carbocycles. The van der Waals surface area contributed by atoms with Gasteiger partial charge in [-0.2, -0.15) is 5.26 Å². The first-order valence-electron chi connectivity index (χ1n) is 12.0. The third-order valence-corrected chi connectivity index (χ3v) is 5.76. The number of nitrogens with one attached hydrogen (secondary N) is 2. The molecule has 0 radical (unpaired) electrons. The van der Waals surface area contributed by atoms with Gasteiger partial charge in [-0.25, -0.2) is 9.97 Å². The van der Waals surface area contributed by atoms with E-state index >= 15 is 0 Å². The number of anilines is 1. The maximum Gasteiger partial charge on any atom is 0.254 e. The van der Waals surface area contributed by atoms with Crippen LogP contribution in [0.25, 0.3) is 16.9 Å². The summed E-state index contributed by atoms with van der Waals surface area (Å²) in [6, 6.07) is 7.87. The van der Waals surface area contributed by atoms with Crippen LogP contribution in [0.2, 0.25) is 0 Å². The van der Waals surface area contributed by atoms with Crippen molar-refractivity contribution in [1.82, 2.24) is 19.9 Å². The molecule has 0 aliphatic heterocycles. The van der Waals surface area contributed by atoms with Crippen LogP contribution < -0.4 is 10.6 Å². The Labute approximate surface area is 196 Å². The van der Waals surface area contributed by atoms with Crippen molar-refractivity contribution >= 4 is 22.6 Å². The van der Waals surface area contributed by atoms with E-state index in [-0.39, 0.29) is 11.9 Å². The topological polar surface area (TPSA) is 95.6 Å². The first-order valence-corrected chi connectivity index (χ1v) is 12.0. The summed E-state index contributed by atoms with van der Waals surface area (Å²) in [5, 5.41) is 16.5. The Morgan fingerprint density at radius 2 is 1.94 bits per heavy atom. The summed E-state index contributed by atoms with van der Waals surface area (Å²) >= 11 is 0. The number of nitrogens with zero attached hydrogens (tertiary/aromatic N) is 4. The molecule has 1 fully saturated rings. The number of nitriles is 1. The number of aromatic nitrogens is 3. The second-order valence-corrected chi connectivity index (χ2v) is 8.54. The predicted molar refractivity (Wildman–Crippen MR) is 133 cm³/mol. The minimum absolute atomic E-state index is 0.0954. The summed E-state index contributed by atoms with van der Waals surface area (Å²) in [5.74, 6) is 1.14. The molecule has 7 heteroatoms. The molecular weight excluding hydrogens is 412 g/mol. The van der Waals surface area contributed by atoms with Crippen LogP contribution in [0.15, 0.2) is 36.8 Å². The Hall–Kier alpha value is -3.40. The van der Waals surface area contributed by atoms with E-state index in [1.54, 1.807) is 18.5 Å². The van der Waals surface area contributed by atoms with Crippen molar-refractivity contribution in [1.29, 1.82) is 5.26 Å². The van der Waals surface area contributed by atoms with Crippen molar-refractivity contribution in [3.63, 3.8) is 0 Å². The largest absolute Gasteiger partial charge is 0.382 e. The molecule has 1 aliphatic rings. The maximum absolute atomic E-state index is 12.9. The lowest BCUT2D eigenvalue weighted by Crippen LogP contribution is -2.31. The summed E-state index contributed by atoms with van der Waals surface area (Å²) in [5.41, 5.74) is 2.53. The fourth-order valence-electron chi connectivity index (χ4n) is 4.18. The highest BCUT2D eigenvalue weighted by Crippen LogP contribution is 2.25. The van der Waals surface area contributed by atoms with E-state index in [1.807, 2.05) is 50.6 Å². The molecule has 2 N–H and O–H groups in total. The lowest BCUT2D eigenvalue weighted by atomic mass is 9.89. The first kappa shape index (κ1) is 24.2. The van der Waals surface area contributed by atoms with Crippen LogP contribution in [-0.2, 0) is 0 Å². The van der Waals surface area contributed by atoms with Gasteiger partial charge in [-0.3, -0.25) is 9.36 Å². The summed E-state index contributed by atoms with van der Waals surface area (Å²) in [4.78, 5) is 21.9. The smallest absolute Gasteiger partial charge is 0.254 e. The van der Waals surface area contributed by atoms with Crippen LogP contribution in [0.1, 0.15) is 75.7 Å². The summed E-state index contributed by atoms with van der Waals surface area (Å²) in [6.45, 7) is 8.80. The maximum atomic E-state index is 12.9. The van der Waals surface area contributed by atoms with Crippen molar-refractivity contribution in [3.05, 3.63) is 47.9 Å². The number of hydrogen-bond donors (Lipinski definition) is 2. The van der Waals surface area contributed by atoms with Crippen molar-refractivity contribution < 1.29 is 4.79 Å². The van der Waals surface area contributed by atoms with Crippen LogP contribution in [0.3, 0.4) is 0 Å². The molecule has 174 valence electrons. The van der Waals surface area contributed by atoms with Gasteiger partial charge in [0.1, 0.15) is 17.5 Å². The molecule has 0 saturated heterocycles. The molecule has 33 heavy (non-hydrogen) atoms. The second kappa shape index (κ2) is 11.5. The second-order valence-electron chi connectivity index (χ2n) is 8.54. The molecule has 1 saturated carbocycles. The highest BCUT2D eigenvalue weighted by molar-refractivity contribution is 5.99. The Bertz CT molecular complexity index is 1120. The molecule has 1 aliphatic carbocycles. The standard InChI is InChI=1S/C24H28N6O.C2H6/c1-16(2)29-21-11-22(30-9-8-19-10-18(12-25)14-27-23(19)30)26-15-20(21)24(31)28-13-17-6-4-3-5-7-17;1-2/h8-11,14-17H,3-7,13H2,1-2H3,(H,26,29)(H,28,31);1-2H3. The van der Waals surface area contributed by atoms with Crippen LogP contribution in [0.4, 0.5) is 5.69 Å². The van der Waals surface area contributed by atoms with E-state index in [4.69, 9.17) is 5.26 Å². The molecule has 3 aromatic heterocycles. The lowest BCUT2D eigenvalue weighted by molar-refractivity contribution is 0.0944. The van der Waals surface area contributed by atoms with E-state index in [0.29, 0.717) is 22.9 Å². The van der Waals surface area contributed by atoms with Crippen molar-refractivity contribution in [2.45, 2.75) is 65.8 Å². The molecule has 7 nitrogen and oxygen atoms in total. The molecule has 0 spiro atoms. The number of pyridine rings is 2. The quantitative estimate of drug-likeness (QED) is 0.525. The van der Waals surface area contributed by atoms with E-state index in [0.717, 1.165) is 23.3 Å². The van der Waals surface area contributed by atoms with Gasteiger partial charge in [0.05, 0.1) is 16.8 Å². The fourth-order valence-corrected chi connectivity index (χ4v) is 4.18. The average Bonchev–Trinajstić information content (AvgIpc) is 3.27. The predicted octanol–water partition coefficient (Wildman–Crippen LogP) is 5.45. The summed E-state index contributed by atoms with van der Waals surface area (Å²) in [6.07, 6.45) is 11.3. The Morgan fingerprint density at radius 1 is 1.18 bits per heavy atom. The lowest BCUT2D eigenvalue weighted by Gasteiger charge is -2.22. The van der Waals surface area contributed by atoms with Gasteiger partial charge >= 0.3 is 0 Å². The molecule has 0 bridgehead atoms. The minimum atomic E-state index is -0.0954. The molecule has 3 heterocycles. The van der Waals surface area contributed by atoms with Crippen LogP contribution >= 0.6 is 0 Å². The van der Waals surface area contributed by atoms with E-state index in [9.17, 15) is 4.79 Å². The van der Waals surface area contributed by atoms with Gasteiger partial charge in [-0.05, 0) is 44.7 Å². The molecule has 3 aromatic rings. The van der Waals surface area contributed by atoms with E-state index < -0.39 is 0 Å². The van der Waals surface area contributed by atoms with Gasteiger partial charge in [0.15, 0.2) is 0 Å². The van der Waals surface area contributed by atoms with Gasteiger partial charge in [0.25, 0.3) is 5.91 Å². The molecule has 4 rings (SSSR count). The zero-order chi connectivity index (χ0) is 23.8. The Kier molecular flexibility index (Phi) is 8.42. The normalized spacial score (nSPS) is 13.8. The molecule has 1 amide bonds. The third kappa shape index (κ3) is 5.89. The van der Waals surface area contributed by atoms with E-state index in [2.05, 4.69) is 26.7 Å². The highest BCUT2D eigenvalue weighted by Gasteiger charge is 2.18. The van der Waals surface area contributed by atoms with Crippen molar-refractivity contribution in [3.8, 4) is 11.9 Å². The monoisotopic (exact) mass is 446 g/mol. The third-order valence-electron chi connectivity index (χ3n) is 5.76.